The standard InChI is InChI=1S/C24H22N2O3.C23H19N3O2/c1-16(27)21(24(29)26-15-23(28)17-8-4-3-5-9-17)14-18-12-13-22(25-2)20-11-7-6-10-19(18)20;1-15(27)20(23-26-25-22(28-23)16-8-4-3-5-9-16)14-17-12-13-21(24-2)19-11-7-6-10-18(17)19/h3-13,16,21,27H,14-15H2,1H3,(H,26,29);3-13,15,20,27H,14H2,1H3/t16-,21-;15-,20-/m11/s1. The summed E-state index contributed by atoms with van der Waals surface area (Å²) in [6.07, 6.45) is -0.709. The van der Waals surface area contributed by atoms with Gasteiger partial charge in [-0.15, -0.1) is 10.2 Å². The Morgan fingerprint density at radius 3 is 1.68 bits per heavy atom. The van der Waals surface area contributed by atoms with Crippen molar-refractivity contribution in [3.05, 3.63) is 179 Å². The highest BCUT2D eigenvalue weighted by Gasteiger charge is 2.27. The van der Waals surface area contributed by atoms with Gasteiger partial charge < -0.3 is 19.9 Å². The molecule has 4 atom stereocenters. The van der Waals surface area contributed by atoms with Gasteiger partial charge in [-0.1, -0.05) is 121 Å². The van der Waals surface area contributed by atoms with E-state index in [0.717, 1.165) is 38.2 Å². The molecule has 0 spiro atoms. The number of Topliss-reactive ketones (excluding diaryl/α,β-unsaturated/α-hetero) is 1. The Morgan fingerprint density at radius 1 is 0.649 bits per heavy atom. The molecule has 10 heteroatoms. The van der Waals surface area contributed by atoms with Crippen LogP contribution >= 0.6 is 0 Å². The van der Waals surface area contributed by atoms with Gasteiger partial charge in [0.2, 0.25) is 17.7 Å². The number of ketones is 1. The van der Waals surface area contributed by atoms with Gasteiger partial charge in [0.15, 0.2) is 17.2 Å². The Morgan fingerprint density at radius 2 is 1.16 bits per heavy atom. The molecule has 0 fully saturated rings. The number of nitrogens with zero attached hydrogens (tertiary/aromatic N) is 4. The number of amides is 1. The van der Waals surface area contributed by atoms with Gasteiger partial charge in [-0.05, 0) is 71.5 Å². The van der Waals surface area contributed by atoms with Crippen molar-refractivity contribution < 1.29 is 24.2 Å². The molecular formula is C47H41N5O5. The molecule has 10 nitrogen and oxygen atoms in total. The second-order valence-electron chi connectivity index (χ2n) is 13.7. The zero-order valence-corrected chi connectivity index (χ0v) is 31.5. The van der Waals surface area contributed by atoms with Crippen molar-refractivity contribution in [3.8, 4) is 11.5 Å². The lowest BCUT2D eigenvalue weighted by molar-refractivity contribution is -0.127. The zero-order chi connectivity index (χ0) is 40.3. The molecule has 7 rings (SSSR count). The smallest absolute Gasteiger partial charge is 0.247 e. The van der Waals surface area contributed by atoms with Crippen molar-refractivity contribution in [1.82, 2.24) is 15.5 Å². The Hall–Kier alpha value is -6.98. The van der Waals surface area contributed by atoms with Gasteiger partial charge in [0, 0.05) is 11.1 Å². The molecule has 0 saturated heterocycles. The first-order valence-corrected chi connectivity index (χ1v) is 18.6. The number of carbonyl (C=O) groups is 2. The first-order valence-electron chi connectivity index (χ1n) is 18.6. The van der Waals surface area contributed by atoms with Crippen LogP contribution in [-0.4, -0.2) is 50.9 Å². The maximum absolute atomic E-state index is 12.7. The molecule has 1 heterocycles. The fourth-order valence-electron chi connectivity index (χ4n) is 6.77. The Balaban J connectivity index is 0.000000193. The van der Waals surface area contributed by atoms with E-state index in [2.05, 4.69) is 25.2 Å². The largest absolute Gasteiger partial charge is 0.420 e. The second-order valence-corrected chi connectivity index (χ2v) is 13.7. The van der Waals surface area contributed by atoms with E-state index in [1.807, 2.05) is 103 Å². The molecule has 0 radical (unpaired) electrons. The van der Waals surface area contributed by atoms with Crippen LogP contribution in [0.5, 0.6) is 0 Å². The number of hydrogen-bond acceptors (Lipinski definition) is 7. The zero-order valence-electron chi connectivity index (χ0n) is 31.5. The minimum absolute atomic E-state index is 0.122. The highest BCUT2D eigenvalue weighted by atomic mass is 16.4. The van der Waals surface area contributed by atoms with Gasteiger partial charge in [0.05, 0.1) is 43.7 Å². The molecule has 0 bridgehead atoms. The number of aliphatic hydroxyl groups is 2. The van der Waals surface area contributed by atoms with E-state index in [1.54, 1.807) is 44.2 Å². The van der Waals surface area contributed by atoms with Crippen LogP contribution in [0.15, 0.2) is 138 Å². The third kappa shape index (κ3) is 9.46. The number of aromatic nitrogens is 2. The van der Waals surface area contributed by atoms with Crippen molar-refractivity contribution in [1.29, 1.82) is 0 Å². The Kier molecular flexibility index (Phi) is 12.9. The molecule has 7 aromatic rings. The van der Waals surface area contributed by atoms with Gasteiger partial charge in [-0.25, -0.2) is 9.69 Å². The number of aliphatic hydroxyl groups excluding tert-OH is 2. The van der Waals surface area contributed by atoms with E-state index in [0.29, 0.717) is 41.6 Å². The first-order chi connectivity index (χ1) is 27.7. The molecule has 0 aliphatic carbocycles. The molecule has 6 aromatic carbocycles. The van der Waals surface area contributed by atoms with Crippen LogP contribution < -0.4 is 5.32 Å². The monoisotopic (exact) mass is 755 g/mol. The van der Waals surface area contributed by atoms with E-state index in [-0.39, 0.29) is 24.2 Å². The summed E-state index contributed by atoms with van der Waals surface area (Å²) >= 11 is 0. The molecule has 3 N–H and O–H groups in total. The number of carbonyl (C=O) groups excluding carboxylic acids is 2. The Bertz CT molecular complexity index is 2570. The van der Waals surface area contributed by atoms with Crippen LogP contribution in [0.25, 0.3) is 42.7 Å². The van der Waals surface area contributed by atoms with E-state index in [9.17, 15) is 19.8 Å². The fourth-order valence-corrected chi connectivity index (χ4v) is 6.77. The summed E-state index contributed by atoms with van der Waals surface area (Å²) < 4.78 is 5.89. The number of nitrogens with one attached hydrogen (secondary N) is 1. The normalized spacial score (nSPS) is 12.9. The van der Waals surface area contributed by atoms with Gasteiger partial charge in [-0.2, -0.15) is 0 Å². The third-order valence-corrected chi connectivity index (χ3v) is 9.90. The van der Waals surface area contributed by atoms with Gasteiger partial charge >= 0.3 is 0 Å². The van der Waals surface area contributed by atoms with Gasteiger partial charge in [0.25, 0.3) is 0 Å². The highest BCUT2D eigenvalue weighted by Crippen LogP contribution is 2.34. The third-order valence-electron chi connectivity index (χ3n) is 9.90. The quantitative estimate of drug-likeness (QED) is 0.0837. The maximum Gasteiger partial charge on any atom is 0.247 e. The average Bonchev–Trinajstić information content (AvgIpc) is 3.74. The van der Waals surface area contributed by atoms with Crippen molar-refractivity contribution >= 4 is 44.6 Å². The fraction of sp³-hybridized carbons (Fsp3) is 0.191. The molecule has 0 unspecified atom stereocenters. The lowest BCUT2D eigenvalue weighted by atomic mass is 9.90. The number of fused-ring (bicyclic) bond motifs is 2. The molecular weight excluding hydrogens is 715 g/mol. The van der Waals surface area contributed by atoms with Crippen LogP contribution in [0.4, 0.5) is 11.4 Å². The molecule has 1 amide bonds. The molecule has 0 saturated carbocycles. The van der Waals surface area contributed by atoms with E-state index in [4.69, 9.17) is 17.6 Å². The van der Waals surface area contributed by atoms with Crippen molar-refractivity contribution in [2.45, 2.75) is 44.8 Å². The maximum atomic E-state index is 12.7. The SMILES string of the molecule is [C-]#[N+]c1ccc(C[C@@H](C(=O)NCC(=O)c2ccccc2)[C@@H](C)O)c2ccccc12.[C-]#[N+]c1ccc(C[C@@H](c2nnc(-c3ccccc3)o2)[C@@H](C)O)c2ccccc12. The lowest BCUT2D eigenvalue weighted by Gasteiger charge is -2.20. The summed E-state index contributed by atoms with van der Waals surface area (Å²) in [5.41, 5.74) is 4.46. The number of benzene rings is 6. The lowest BCUT2D eigenvalue weighted by Crippen LogP contribution is -2.40. The van der Waals surface area contributed by atoms with E-state index < -0.39 is 18.1 Å². The van der Waals surface area contributed by atoms with Gasteiger partial charge in [0.1, 0.15) is 0 Å². The van der Waals surface area contributed by atoms with E-state index >= 15 is 0 Å². The average molecular weight is 756 g/mol. The minimum Gasteiger partial charge on any atom is -0.420 e. The summed E-state index contributed by atoms with van der Waals surface area (Å²) in [5, 5.41) is 35.2. The van der Waals surface area contributed by atoms with Crippen LogP contribution in [0.2, 0.25) is 0 Å². The summed E-state index contributed by atoms with van der Waals surface area (Å²) in [6.45, 7) is 17.9. The number of hydrogen-bond donors (Lipinski definition) is 3. The predicted molar refractivity (Wildman–Crippen MR) is 221 cm³/mol. The molecule has 57 heavy (non-hydrogen) atoms. The van der Waals surface area contributed by atoms with Crippen molar-refractivity contribution in [2.75, 3.05) is 6.54 Å². The van der Waals surface area contributed by atoms with Crippen LogP contribution in [0.3, 0.4) is 0 Å². The van der Waals surface area contributed by atoms with Crippen LogP contribution in [0, 0.1) is 19.1 Å². The molecule has 0 aliphatic rings. The Labute approximate surface area is 331 Å². The predicted octanol–water partition coefficient (Wildman–Crippen LogP) is 9.08. The topological polar surface area (TPSA) is 134 Å². The van der Waals surface area contributed by atoms with Crippen molar-refractivity contribution in [2.24, 2.45) is 5.92 Å². The summed E-state index contributed by atoms with van der Waals surface area (Å²) in [4.78, 5) is 32.1. The summed E-state index contributed by atoms with van der Waals surface area (Å²) in [7, 11) is 0. The number of rotatable bonds is 12. The first kappa shape index (κ1) is 39.7. The molecule has 0 aliphatic heterocycles. The summed E-state index contributed by atoms with van der Waals surface area (Å²) in [5.74, 6) is -0.757. The van der Waals surface area contributed by atoms with E-state index in [1.165, 1.54) is 0 Å². The molecule has 284 valence electrons. The minimum atomic E-state index is -0.888. The van der Waals surface area contributed by atoms with Crippen LogP contribution in [0.1, 0.15) is 47.1 Å². The highest BCUT2D eigenvalue weighted by molar-refractivity contribution is 6.00. The van der Waals surface area contributed by atoms with Crippen molar-refractivity contribution in [3.63, 3.8) is 0 Å². The second kappa shape index (κ2) is 18.6. The molecule has 1 aromatic heterocycles. The van der Waals surface area contributed by atoms with Crippen LogP contribution in [-0.2, 0) is 17.6 Å². The summed E-state index contributed by atoms with van der Waals surface area (Å²) in [6, 6.07) is 41.0. The van der Waals surface area contributed by atoms with Gasteiger partial charge in [-0.3, -0.25) is 9.59 Å².